The third-order valence-electron chi connectivity index (χ3n) is 3.03. The molecule has 98 valence electrons. The first-order chi connectivity index (χ1) is 9.83. The summed E-state index contributed by atoms with van der Waals surface area (Å²) in [6, 6.07) is 18.0. The largest absolute Gasteiger partial charge is 0.417 e. The third-order valence-corrected chi connectivity index (χ3v) is 3.03. The van der Waals surface area contributed by atoms with Gasteiger partial charge < -0.3 is 4.42 Å². The van der Waals surface area contributed by atoms with Crippen molar-refractivity contribution in [1.82, 2.24) is 10.2 Å². The van der Waals surface area contributed by atoms with E-state index >= 15 is 0 Å². The summed E-state index contributed by atoms with van der Waals surface area (Å²) in [7, 11) is 0. The first-order valence-electron chi connectivity index (χ1n) is 6.45. The van der Waals surface area contributed by atoms with Crippen LogP contribution >= 0.6 is 0 Å². The minimum atomic E-state index is 0.507. The van der Waals surface area contributed by atoms with Gasteiger partial charge in [-0.1, -0.05) is 48.5 Å². The summed E-state index contributed by atoms with van der Waals surface area (Å²) in [6.45, 7) is 2.03. The van der Waals surface area contributed by atoms with Gasteiger partial charge in [-0.25, -0.2) is 0 Å². The Morgan fingerprint density at radius 1 is 0.850 bits per heavy atom. The zero-order valence-electron chi connectivity index (χ0n) is 11.2. The van der Waals surface area contributed by atoms with Gasteiger partial charge >= 0.3 is 0 Å². The van der Waals surface area contributed by atoms with Crippen LogP contribution in [0.5, 0.6) is 0 Å². The van der Waals surface area contributed by atoms with E-state index in [0.29, 0.717) is 11.8 Å². The van der Waals surface area contributed by atoms with E-state index in [4.69, 9.17) is 4.42 Å². The quantitative estimate of drug-likeness (QED) is 0.709. The fourth-order valence-corrected chi connectivity index (χ4v) is 1.96. The Morgan fingerprint density at radius 3 is 2.40 bits per heavy atom. The second kappa shape index (κ2) is 5.53. The number of hydrogen-bond acceptors (Lipinski definition) is 3. The lowest BCUT2D eigenvalue weighted by Gasteiger charge is -1.98. The molecule has 0 aliphatic carbocycles. The molecule has 0 fully saturated rings. The van der Waals surface area contributed by atoms with Crippen LogP contribution in [0.3, 0.4) is 0 Å². The van der Waals surface area contributed by atoms with Crippen molar-refractivity contribution in [3.05, 3.63) is 71.6 Å². The molecule has 1 aromatic heterocycles. The summed E-state index contributed by atoms with van der Waals surface area (Å²) in [5.74, 6) is 1.06. The molecule has 20 heavy (non-hydrogen) atoms. The molecule has 0 bridgehead atoms. The van der Waals surface area contributed by atoms with Crippen LogP contribution in [0.2, 0.25) is 0 Å². The standard InChI is InChI=1S/C17H14N2O/c1-13-7-5-6-10-15(13)17-19-18-16(20-17)12-11-14-8-3-2-4-9-14/h2-12H,1H3/b12-11-. The van der Waals surface area contributed by atoms with E-state index in [0.717, 1.165) is 16.7 Å². The number of hydrogen-bond donors (Lipinski definition) is 0. The zero-order chi connectivity index (χ0) is 13.8. The van der Waals surface area contributed by atoms with Crippen LogP contribution in [0.25, 0.3) is 23.6 Å². The summed E-state index contributed by atoms with van der Waals surface area (Å²) in [6.07, 6.45) is 3.78. The van der Waals surface area contributed by atoms with Gasteiger partial charge in [-0.15, -0.1) is 10.2 Å². The molecule has 2 aromatic carbocycles. The fourth-order valence-electron chi connectivity index (χ4n) is 1.96. The van der Waals surface area contributed by atoms with Gasteiger partial charge in [-0.2, -0.15) is 0 Å². The Morgan fingerprint density at radius 2 is 1.60 bits per heavy atom. The van der Waals surface area contributed by atoms with E-state index < -0.39 is 0 Å². The SMILES string of the molecule is Cc1ccccc1-c1nnc(/C=C\c2ccccc2)o1. The Balaban J connectivity index is 1.85. The highest BCUT2D eigenvalue weighted by Crippen LogP contribution is 2.22. The lowest BCUT2D eigenvalue weighted by Crippen LogP contribution is -1.81. The number of aryl methyl sites for hydroxylation is 1. The molecular formula is C17H14N2O. The molecule has 0 spiro atoms. The van der Waals surface area contributed by atoms with E-state index in [9.17, 15) is 0 Å². The molecule has 0 aliphatic rings. The molecule has 3 nitrogen and oxygen atoms in total. The van der Waals surface area contributed by atoms with Crippen molar-refractivity contribution in [3.63, 3.8) is 0 Å². The van der Waals surface area contributed by atoms with Gasteiger partial charge in [0.2, 0.25) is 11.8 Å². The predicted octanol–water partition coefficient (Wildman–Crippen LogP) is 4.22. The maximum absolute atomic E-state index is 5.66. The fraction of sp³-hybridized carbons (Fsp3) is 0.0588. The molecule has 3 heteroatoms. The number of benzene rings is 2. The maximum atomic E-state index is 5.66. The lowest BCUT2D eigenvalue weighted by molar-refractivity contribution is 0.557. The maximum Gasteiger partial charge on any atom is 0.248 e. The summed E-state index contributed by atoms with van der Waals surface area (Å²) in [5.41, 5.74) is 3.19. The molecule has 1 heterocycles. The smallest absolute Gasteiger partial charge is 0.248 e. The second-order valence-corrected chi connectivity index (χ2v) is 4.50. The van der Waals surface area contributed by atoms with Crippen LogP contribution in [0.4, 0.5) is 0 Å². The summed E-state index contributed by atoms with van der Waals surface area (Å²) in [4.78, 5) is 0. The Bertz CT molecular complexity index is 730. The summed E-state index contributed by atoms with van der Waals surface area (Å²) in [5, 5.41) is 8.14. The van der Waals surface area contributed by atoms with Crippen molar-refractivity contribution >= 4 is 12.2 Å². The highest BCUT2D eigenvalue weighted by atomic mass is 16.4. The molecule has 0 N–H and O–H groups in total. The zero-order valence-corrected chi connectivity index (χ0v) is 11.2. The molecule has 3 rings (SSSR count). The van der Waals surface area contributed by atoms with Crippen LogP contribution < -0.4 is 0 Å². The average Bonchev–Trinajstić information content (AvgIpc) is 2.95. The minimum Gasteiger partial charge on any atom is -0.417 e. The molecule has 0 amide bonds. The monoisotopic (exact) mass is 262 g/mol. The minimum absolute atomic E-state index is 0.507. The van der Waals surface area contributed by atoms with Crippen molar-refractivity contribution in [2.75, 3.05) is 0 Å². The Hall–Kier alpha value is -2.68. The first kappa shape index (κ1) is 12.4. The molecule has 0 aliphatic heterocycles. The summed E-state index contributed by atoms with van der Waals surface area (Å²) < 4.78 is 5.66. The van der Waals surface area contributed by atoms with Crippen LogP contribution in [0.1, 0.15) is 17.0 Å². The van der Waals surface area contributed by atoms with Crippen molar-refractivity contribution in [2.24, 2.45) is 0 Å². The molecule has 0 saturated heterocycles. The summed E-state index contributed by atoms with van der Waals surface area (Å²) >= 11 is 0. The molecule has 0 unspecified atom stereocenters. The van der Waals surface area contributed by atoms with E-state index in [1.807, 2.05) is 73.7 Å². The van der Waals surface area contributed by atoms with Crippen molar-refractivity contribution in [2.45, 2.75) is 6.92 Å². The van der Waals surface area contributed by atoms with Gasteiger partial charge in [0.25, 0.3) is 0 Å². The van der Waals surface area contributed by atoms with Crippen LogP contribution in [-0.2, 0) is 0 Å². The molecule has 3 aromatic rings. The van der Waals surface area contributed by atoms with E-state index in [1.165, 1.54) is 0 Å². The van der Waals surface area contributed by atoms with Gasteiger partial charge in [-0.3, -0.25) is 0 Å². The molecule has 0 atom stereocenters. The predicted molar refractivity (Wildman–Crippen MR) is 79.8 cm³/mol. The van der Waals surface area contributed by atoms with Gasteiger partial charge in [0.15, 0.2) is 0 Å². The Kier molecular flexibility index (Phi) is 3.42. The number of rotatable bonds is 3. The lowest BCUT2D eigenvalue weighted by atomic mass is 10.1. The second-order valence-electron chi connectivity index (χ2n) is 4.50. The first-order valence-corrected chi connectivity index (χ1v) is 6.45. The molecular weight excluding hydrogens is 248 g/mol. The van der Waals surface area contributed by atoms with Gasteiger partial charge in [-0.05, 0) is 30.2 Å². The van der Waals surface area contributed by atoms with Crippen LogP contribution in [-0.4, -0.2) is 10.2 Å². The number of aromatic nitrogens is 2. The van der Waals surface area contributed by atoms with Crippen molar-refractivity contribution in [3.8, 4) is 11.5 Å². The third kappa shape index (κ3) is 2.67. The van der Waals surface area contributed by atoms with Crippen LogP contribution in [0, 0.1) is 6.92 Å². The average molecular weight is 262 g/mol. The van der Waals surface area contributed by atoms with E-state index in [-0.39, 0.29) is 0 Å². The van der Waals surface area contributed by atoms with Gasteiger partial charge in [0.1, 0.15) is 0 Å². The molecule has 0 saturated carbocycles. The topological polar surface area (TPSA) is 38.9 Å². The van der Waals surface area contributed by atoms with Gasteiger partial charge in [0, 0.05) is 11.6 Å². The normalized spacial score (nSPS) is 11.1. The van der Waals surface area contributed by atoms with Gasteiger partial charge in [0.05, 0.1) is 0 Å². The number of nitrogens with zero attached hydrogens (tertiary/aromatic N) is 2. The molecule has 0 radical (unpaired) electrons. The van der Waals surface area contributed by atoms with E-state index in [2.05, 4.69) is 10.2 Å². The van der Waals surface area contributed by atoms with E-state index in [1.54, 1.807) is 0 Å². The van der Waals surface area contributed by atoms with Crippen molar-refractivity contribution < 1.29 is 4.42 Å². The Labute approximate surface area is 117 Å². The van der Waals surface area contributed by atoms with Crippen molar-refractivity contribution in [1.29, 1.82) is 0 Å². The van der Waals surface area contributed by atoms with Crippen LogP contribution in [0.15, 0.2) is 59.0 Å². The highest BCUT2D eigenvalue weighted by Gasteiger charge is 2.08. The highest BCUT2D eigenvalue weighted by molar-refractivity contribution is 5.66.